The Bertz CT molecular complexity index is 873. The molecule has 3 aromatic rings. The molecule has 0 fully saturated rings. The molecule has 0 atom stereocenters. The summed E-state index contributed by atoms with van der Waals surface area (Å²) in [6.07, 6.45) is 0.171. The Hall–Kier alpha value is -3.28. The molecular formula is C21H22N2O4. The van der Waals surface area contributed by atoms with E-state index >= 15 is 0 Å². The number of carbonyl (C=O) groups excluding carboxylic acids is 1. The number of carbonyl (C=O) groups is 1. The van der Waals surface area contributed by atoms with Gasteiger partial charge >= 0.3 is 0 Å². The predicted molar refractivity (Wildman–Crippen MR) is 102 cm³/mol. The third-order valence-corrected chi connectivity index (χ3v) is 3.99. The molecule has 0 unspecified atom stereocenters. The lowest BCUT2D eigenvalue weighted by molar-refractivity contribution is -0.120. The van der Waals surface area contributed by atoms with E-state index in [4.69, 9.17) is 13.9 Å². The number of amides is 1. The van der Waals surface area contributed by atoms with Crippen molar-refractivity contribution in [2.75, 3.05) is 20.3 Å². The van der Waals surface area contributed by atoms with Crippen molar-refractivity contribution in [3.05, 3.63) is 66.1 Å². The average molecular weight is 366 g/mol. The molecule has 1 N–H and O–H groups in total. The molecular weight excluding hydrogens is 344 g/mol. The normalized spacial score (nSPS) is 10.4. The van der Waals surface area contributed by atoms with Gasteiger partial charge in [-0.05, 0) is 43.3 Å². The number of ether oxygens (including phenoxy) is 2. The van der Waals surface area contributed by atoms with E-state index in [0.717, 1.165) is 17.1 Å². The molecule has 27 heavy (non-hydrogen) atoms. The van der Waals surface area contributed by atoms with Crippen LogP contribution < -0.4 is 14.8 Å². The second-order valence-corrected chi connectivity index (χ2v) is 5.94. The minimum absolute atomic E-state index is 0.121. The number of oxazole rings is 1. The topological polar surface area (TPSA) is 73.6 Å². The maximum absolute atomic E-state index is 12.1. The maximum atomic E-state index is 12.1. The Morgan fingerprint density at radius 3 is 2.48 bits per heavy atom. The highest BCUT2D eigenvalue weighted by Crippen LogP contribution is 2.21. The van der Waals surface area contributed by atoms with Gasteiger partial charge in [-0.15, -0.1) is 0 Å². The fourth-order valence-electron chi connectivity index (χ4n) is 2.54. The Kier molecular flexibility index (Phi) is 6.10. The quantitative estimate of drug-likeness (QED) is 0.619. The van der Waals surface area contributed by atoms with Crippen molar-refractivity contribution in [2.45, 2.75) is 13.3 Å². The smallest absolute Gasteiger partial charge is 0.226 e. The van der Waals surface area contributed by atoms with Crippen molar-refractivity contribution in [3.63, 3.8) is 0 Å². The van der Waals surface area contributed by atoms with Crippen LogP contribution in [0.3, 0.4) is 0 Å². The zero-order valence-corrected chi connectivity index (χ0v) is 15.4. The van der Waals surface area contributed by atoms with Crippen LogP contribution in [0.2, 0.25) is 0 Å². The van der Waals surface area contributed by atoms with E-state index in [1.165, 1.54) is 0 Å². The van der Waals surface area contributed by atoms with Crippen LogP contribution >= 0.6 is 0 Å². The van der Waals surface area contributed by atoms with Gasteiger partial charge in [-0.1, -0.05) is 18.2 Å². The summed E-state index contributed by atoms with van der Waals surface area (Å²) < 4.78 is 16.4. The summed E-state index contributed by atoms with van der Waals surface area (Å²) in [5.41, 5.74) is 1.53. The molecule has 0 bridgehead atoms. The summed E-state index contributed by atoms with van der Waals surface area (Å²) in [6, 6.07) is 16.9. The molecule has 1 aromatic heterocycles. The van der Waals surface area contributed by atoms with E-state index in [9.17, 15) is 4.79 Å². The van der Waals surface area contributed by atoms with E-state index in [0.29, 0.717) is 30.5 Å². The van der Waals surface area contributed by atoms with E-state index in [1.807, 2.05) is 61.5 Å². The highest BCUT2D eigenvalue weighted by atomic mass is 16.5. The molecule has 0 saturated carbocycles. The lowest BCUT2D eigenvalue weighted by atomic mass is 10.2. The summed E-state index contributed by atoms with van der Waals surface area (Å²) in [5.74, 6) is 2.56. The highest BCUT2D eigenvalue weighted by Gasteiger charge is 2.14. The Balaban J connectivity index is 1.46. The Morgan fingerprint density at radius 1 is 1.07 bits per heavy atom. The number of aryl methyl sites for hydroxylation is 1. The van der Waals surface area contributed by atoms with Crippen molar-refractivity contribution in [3.8, 4) is 23.0 Å². The Morgan fingerprint density at radius 2 is 1.78 bits per heavy atom. The fraction of sp³-hybridized carbons (Fsp3) is 0.238. The van der Waals surface area contributed by atoms with Crippen LogP contribution in [-0.4, -0.2) is 31.2 Å². The van der Waals surface area contributed by atoms with Gasteiger partial charge in [-0.3, -0.25) is 4.79 Å². The standard InChI is InChI=1S/C21H22N2O4/c1-15-19(23-21(27-15)16-6-4-3-5-7-16)14-20(24)22-12-13-26-18-10-8-17(25-2)9-11-18/h3-11H,12-14H2,1-2H3,(H,22,24). The van der Waals surface area contributed by atoms with Crippen molar-refractivity contribution in [2.24, 2.45) is 0 Å². The largest absolute Gasteiger partial charge is 0.497 e. The molecule has 0 aliphatic carbocycles. The van der Waals surface area contributed by atoms with Crippen LogP contribution in [0.4, 0.5) is 0 Å². The van der Waals surface area contributed by atoms with Crippen molar-refractivity contribution in [1.29, 1.82) is 0 Å². The monoisotopic (exact) mass is 366 g/mol. The molecule has 6 nitrogen and oxygen atoms in total. The number of benzene rings is 2. The highest BCUT2D eigenvalue weighted by molar-refractivity contribution is 5.78. The fourth-order valence-corrected chi connectivity index (χ4v) is 2.54. The summed E-state index contributed by atoms with van der Waals surface area (Å²) in [6.45, 7) is 2.60. The van der Waals surface area contributed by atoms with Gasteiger partial charge in [0.05, 0.1) is 25.8 Å². The summed E-state index contributed by atoms with van der Waals surface area (Å²) in [5, 5.41) is 2.83. The van der Waals surface area contributed by atoms with Crippen molar-refractivity contribution < 1.29 is 18.7 Å². The number of hydrogen-bond acceptors (Lipinski definition) is 5. The molecule has 1 amide bonds. The van der Waals surface area contributed by atoms with Crippen molar-refractivity contribution in [1.82, 2.24) is 10.3 Å². The van der Waals surface area contributed by atoms with Crippen LogP contribution in [0.1, 0.15) is 11.5 Å². The first-order valence-electron chi connectivity index (χ1n) is 8.71. The van der Waals surface area contributed by atoms with E-state index in [-0.39, 0.29) is 12.3 Å². The van der Waals surface area contributed by atoms with E-state index in [2.05, 4.69) is 10.3 Å². The lowest BCUT2D eigenvalue weighted by Crippen LogP contribution is -2.29. The maximum Gasteiger partial charge on any atom is 0.226 e. The SMILES string of the molecule is COc1ccc(OCCNC(=O)Cc2nc(-c3ccccc3)oc2C)cc1. The van der Waals surface area contributed by atoms with E-state index < -0.39 is 0 Å². The molecule has 2 aromatic carbocycles. The second kappa shape index (κ2) is 8.89. The van der Waals surface area contributed by atoms with Crippen molar-refractivity contribution >= 4 is 5.91 Å². The molecule has 140 valence electrons. The molecule has 3 rings (SSSR count). The first kappa shape index (κ1) is 18.5. The lowest BCUT2D eigenvalue weighted by Gasteiger charge is -2.08. The zero-order valence-electron chi connectivity index (χ0n) is 15.4. The molecule has 0 spiro atoms. The summed E-state index contributed by atoms with van der Waals surface area (Å²) in [7, 11) is 1.62. The average Bonchev–Trinajstić information content (AvgIpc) is 3.07. The third-order valence-electron chi connectivity index (χ3n) is 3.99. The molecule has 6 heteroatoms. The zero-order chi connectivity index (χ0) is 19.1. The van der Waals surface area contributed by atoms with Gasteiger partial charge < -0.3 is 19.2 Å². The number of nitrogens with zero attached hydrogens (tertiary/aromatic N) is 1. The number of hydrogen-bond donors (Lipinski definition) is 1. The van der Waals surface area contributed by atoms with Gasteiger partial charge in [0.1, 0.15) is 23.9 Å². The van der Waals surface area contributed by atoms with Gasteiger partial charge in [0.2, 0.25) is 11.8 Å². The van der Waals surface area contributed by atoms with Crippen LogP contribution in [0.15, 0.2) is 59.0 Å². The van der Waals surface area contributed by atoms with Gasteiger partial charge in [0.15, 0.2) is 0 Å². The van der Waals surface area contributed by atoms with E-state index in [1.54, 1.807) is 7.11 Å². The van der Waals surface area contributed by atoms with Crippen LogP contribution in [0, 0.1) is 6.92 Å². The second-order valence-electron chi connectivity index (χ2n) is 5.94. The summed E-state index contributed by atoms with van der Waals surface area (Å²) >= 11 is 0. The Labute approximate surface area is 158 Å². The molecule has 0 radical (unpaired) electrons. The van der Waals surface area contributed by atoms with Crippen LogP contribution in [-0.2, 0) is 11.2 Å². The molecule has 0 aliphatic heterocycles. The number of nitrogens with one attached hydrogen (secondary N) is 1. The number of rotatable bonds is 8. The minimum atomic E-state index is -0.121. The molecule has 0 aliphatic rings. The predicted octanol–water partition coefficient (Wildman–Crippen LogP) is 3.40. The number of aromatic nitrogens is 1. The van der Waals surface area contributed by atoms with Gasteiger partial charge in [0.25, 0.3) is 0 Å². The van der Waals surface area contributed by atoms with Gasteiger partial charge in [-0.25, -0.2) is 4.98 Å². The molecule has 0 saturated heterocycles. The first-order valence-corrected chi connectivity index (χ1v) is 8.71. The van der Waals surface area contributed by atoms with Crippen LogP contribution in [0.5, 0.6) is 11.5 Å². The summed E-state index contributed by atoms with van der Waals surface area (Å²) in [4.78, 5) is 16.6. The molecule has 1 heterocycles. The van der Waals surface area contributed by atoms with Gasteiger partial charge in [0, 0.05) is 5.56 Å². The van der Waals surface area contributed by atoms with Crippen LogP contribution in [0.25, 0.3) is 11.5 Å². The first-order chi connectivity index (χ1) is 13.2. The minimum Gasteiger partial charge on any atom is -0.497 e. The van der Waals surface area contributed by atoms with Gasteiger partial charge in [-0.2, -0.15) is 0 Å². The number of methoxy groups -OCH3 is 1. The third kappa shape index (κ3) is 5.10.